The molecule has 122 valence electrons. The van der Waals surface area contributed by atoms with Gasteiger partial charge >= 0.3 is 5.97 Å². The van der Waals surface area contributed by atoms with Gasteiger partial charge in [-0.25, -0.2) is 4.79 Å². The lowest BCUT2D eigenvalue weighted by molar-refractivity contribution is -0.129. The number of benzene rings is 1. The van der Waals surface area contributed by atoms with Crippen molar-refractivity contribution < 1.29 is 14.3 Å². The highest BCUT2D eigenvalue weighted by atomic mass is 79.9. The fourth-order valence-corrected chi connectivity index (χ4v) is 3.90. The van der Waals surface area contributed by atoms with Crippen LogP contribution in [0.5, 0.6) is 0 Å². The van der Waals surface area contributed by atoms with Gasteiger partial charge in [0.2, 0.25) is 5.91 Å². The van der Waals surface area contributed by atoms with Crippen LogP contribution >= 0.6 is 15.9 Å². The molecule has 0 spiro atoms. The van der Waals surface area contributed by atoms with Gasteiger partial charge < -0.3 is 15.0 Å². The first-order valence-electron chi connectivity index (χ1n) is 7.71. The number of amides is 1. The molecule has 1 unspecified atom stereocenters. The molecule has 0 radical (unpaired) electrons. The number of halogens is 1. The molecule has 1 aromatic heterocycles. The molecule has 5 nitrogen and oxygen atoms in total. The van der Waals surface area contributed by atoms with Crippen molar-refractivity contribution in [3.8, 4) is 0 Å². The lowest BCUT2D eigenvalue weighted by Crippen LogP contribution is -2.45. The largest absolute Gasteiger partial charge is 0.461 e. The number of nitrogens with zero attached hydrogens (tertiary/aromatic N) is 1. The second-order valence-corrected chi connectivity index (χ2v) is 6.95. The summed E-state index contributed by atoms with van der Waals surface area (Å²) in [7, 11) is 0. The van der Waals surface area contributed by atoms with Gasteiger partial charge in [-0.05, 0) is 43.5 Å². The van der Waals surface area contributed by atoms with Crippen LogP contribution in [-0.4, -0.2) is 23.1 Å². The fraction of sp³-hybridized carbons (Fsp3) is 0.412. The molecule has 1 heterocycles. The van der Waals surface area contributed by atoms with Gasteiger partial charge in [0.1, 0.15) is 5.69 Å². The van der Waals surface area contributed by atoms with Crippen molar-refractivity contribution in [3.05, 3.63) is 34.4 Å². The number of primary amides is 1. The number of fused-ring (bicyclic) bond motifs is 1. The Morgan fingerprint density at radius 2 is 2.13 bits per heavy atom. The number of carbonyl (C=O) groups excluding carboxylic acids is 2. The second-order valence-electron chi connectivity index (χ2n) is 6.03. The topological polar surface area (TPSA) is 74.3 Å². The predicted octanol–water partition coefficient (Wildman–Crippen LogP) is 3.26. The van der Waals surface area contributed by atoms with Crippen LogP contribution in [0.4, 0.5) is 0 Å². The monoisotopic (exact) mass is 378 g/mol. The maximum Gasteiger partial charge on any atom is 0.354 e. The van der Waals surface area contributed by atoms with E-state index in [2.05, 4.69) is 15.9 Å². The third-order valence-corrected chi connectivity index (χ3v) is 5.08. The van der Waals surface area contributed by atoms with E-state index in [-0.39, 0.29) is 29.8 Å². The highest BCUT2D eigenvalue weighted by molar-refractivity contribution is 9.10. The standard InChI is InChI=1S/C17H19BrN2O3/c1-3-23-17(22)14-8-10-7-11(18)4-5-12(10)20(14)13-6-9(2)15(13)16(19)21/h4-5,7-9,13,15H,3,6H2,1-2H3,(H2,19,21)/t9-,13?,15-/m0/s1. The maximum absolute atomic E-state index is 12.4. The molecule has 0 saturated heterocycles. The van der Waals surface area contributed by atoms with Crippen molar-refractivity contribution in [1.29, 1.82) is 0 Å². The summed E-state index contributed by atoms with van der Waals surface area (Å²) < 4.78 is 8.04. The van der Waals surface area contributed by atoms with Gasteiger partial charge in [-0.3, -0.25) is 4.79 Å². The van der Waals surface area contributed by atoms with Crippen molar-refractivity contribution in [2.45, 2.75) is 26.3 Å². The van der Waals surface area contributed by atoms with Crippen LogP contribution in [0.3, 0.4) is 0 Å². The van der Waals surface area contributed by atoms with Crippen molar-refractivity contribution >= 4 is 38.7 Å². The number of hydrogen-bond donors (Lipinski definition) is 1. The number of carbonyl (C=O) groups is 2. The zero-order valence-electron chi connectivity index (χ0n) is 13.1. The molecule has 1 fully saturated rings. The molecule has 1 aliphatic rings. The summed E-state index contributed by atoms with van der Waals surface area (Å²) in [6.45, 7) is 4.10. The molecule has 1 saturated carbocycles. The molecule has 2 aromatic rings. The summed E-state index contributed by atoms with van der Waals surface area (Å²) in [5.41, 5.74) is 6.95. The Morgan fingerprint density at radius 3 is 2.74 bits per heavy atom. The third kappa shape index (κ3) is 2.65. The van der Waals surface area contributed by atoms with Crippen LogP contribution in [0.1, 0.15) is 36.8 Å². The van der Waals surface area contributed by atoms with E-state index in [0.29, 0.717) is 12.3 Å². The molecule has 0 aliphatic heterocycles. The lowest BCUT2D eigenvalue weighted by Gasteiger charge is -2.42. The van der Waals surface area contributed by atoms with E-state index < -0.39 is 0 Å². The van der Waals surface area contributed by atoms with E-state index in [0.717, 1.165) is 21.8 Å². The number of esters is 1. The van der Waals surface area contributed by atoms with Gasteiger partial charge in [0.15, 0.2) is 0 Å². The van der Waals surface area contributed by atoms with E-state index in [1.54, 1.807) is 6.92 Å². The van der Waals surface area contributed by atoms with E-state index in [1.165, 1.54) is 0 Å². The minimum atomic E-state index is -0.373. The first-order chi connectivity index (χ1) is 10.9. The van der Waals surface area contributed by atoms with Gasteiger partial charge in [-0.1, -0.05) is 22.9 Å². The van der Waals surface area contributed by atoms with Crippen LogP contribution in [-0.2, 0) is 9.53 Å². The minimum Gasteiger partial charge on any atom is -0.461 e. The Hall–Kier alpha value is -1.82. The zero-order valence-corrected chi connectivity index (χ0v) is 14.7. The Balaban J connectivity index is 2.15. The smallest absolute Gasteiger partial charge is 0.354 e. The highest BCUT2D eigenvalue weighted by Gasteiger charge is 2.44. The number of hydrogen-bond acceptors (Lipinski definition) is 3. The molecule has 0 bridgehead atoms. The van der Waals surface area contributed by atoms with Gasteiger partial charge in [-0.15, -0.1) is 0 Å². The van der Waals surface area contributed by atoms with Gasteiger partial charge in [0, 0.05) is 21.4 Å². The Kier molecular flexibility index (Phi) is 4.19. The summed E-state index contributed by atoms with van der Waals surface area (Å²) in [5.74, 6) is -0.729. The van der Waals surface area contributed by atoms with Gasteiger partial charge in [-0.2, -0.15) is 0 Å². The highest BCUT2D eigenvalue weighted by Crippen LogP contribution is 2.46. The Labute approximate surface area is 142 Å². The average molecular weight is 379 g/mol. The van der Waals surface area contributed by atoms with Crippen molar-refractivity contribution in [2.75, 3.05) is 6.61 Å². The third-order valence-electron chi connectivity index (χ3n) is 4.59. The van der Waals surface area contributed by atoms with Crippen LogP contribution in [0.25, 0.3) is 10.9 Å². The first-order valence-corrected chi connectivity index (χ1v) is 8.50. The second kappa shape index (κ2) is 6.00. The number of aromatic nitrogens is 1. The molecule has 3 atom stereocenters. The summed E-state index contributed by atoms with van der Waals surface area (Å²) in [4.78, 5) is 24.1. The number of rotatable bonds is 4. The zero-order chi connectivity index (χ0) is 16.7. The fourth-order valence-electron chi connectivity index (χ4n) is 3.52. The molecule has 6 heteroatoms. The van der Waals surface area contributed by atoms with E-state index in [1.807, 2.05) is 35.8 Å². The quantitative estimate of drug-likeness (QED) is 0.829. The molecule has 3 rings (SSSR count). The van der Waals surface area contributed by atoms with E-state index in [9.17, 15) is 9.59 Å². The van der Waals surface area contributed by atoms with Crippen molar-refractivity contribution in [2.24, 2.45) is 17.6 Å². The Bertz CT molecular complexity index is 783. The first kappa shape index (κ1) is 16.1. The number of ether oxygens (including phenoxy) is 1. The van der Waals surface area contributed by atoms with Crippen molar-refractivity contribution in [3.63, 3.8) is 0 Å². The predicted molar refractivity (Wildman–Crippen MR) is 91.1 cm³/mol. The van der Waals surface area contributed by atoms with Gasteiger partial charge in [0.05, 0.1) is 12.5 Å². The molecule has 1 amide bonds. The molecule has 1 aromatic carbocycles. The van der Waals surface area contributed by atoms with Crippen molar-refractivity contribution in [1.82, 2.24) is 4.57 Å². The van der Waals surface area contributed by atoms with Gasteiger partial charge in [0.25, 0.3) is 0 Å². The number of nitrogens with two attached hydrogens (primary N) is 1. The molecule has 1 aliphatic carbocycles. The summed E-state index contributed by atoms with van der Waals surface area (Å²) in [6, 6.07) is 7.55. The lowest BCUT2D eigenvalue weighted by atomic mass is 9.69. The normalized spacial score (nSPS) is 23.5. The summed E-state index contributed by atoms with van der Waals surface area (Å²) >= 11 is 3.45. The molecule has 2 N–H and O–H groups in total. The molecular formula is C17H19BrN2O3. The summed E-state index contributed by atoms with van der Waals surface area (Å²) in [5, 5.41) is 0.935. The molecule has 23 heavy (non-hydrogen) atoms. The van der Waals surface area contributed by atoms with E-state index >= 15 is 0 Å². The van der Waals surface area contributed by atoms with E-state index in [4.69, 9.17) is 10.5 Å². The van der Waals surface area contributed by atoms with Crippen LogP contribution < -0.4 is 5.73 Å². The maximum atomic E-state index is 12.4. The molecular weight excluding hydrogens is 360 g/mol. The minimum absolute atomic E-state index is 0.0967. The SMILES string of the molecule is CCOC(=O)c1cc2cc(Br)ccc2n1C1C[C@H](C)[C@@H]1C(N)=O. The average Bonchev–Trinajstić information content (AvgIpc) is 2.82. The van der Waals surface area contributed by atoms with Crippen LogP contribution in [0, 0.1) is 11.8 Å². The summed E-state index contributed by atoms with van der Waals surface area (Å²) in [6.07, 6.45) is 0.819. The van der Waals surface area contributed by atoms with Crippen LogP contribution in [0.2, 0.25) is 0 Å². The van der Waals surface area contributed by atoms with Crippen LogP contribution in [0.15, 0.2) is 28.7 Å². The Morgan fingerprint density at radius 1 is 1.39 bits per heavy atom.